The first-order valence-corrected chi connectivity index (χ1v) is 6.56. The molecular weight excluding hydrogens is 258 g/mol. The number of nitrogens with zero attached hydrogens (tertiary/aromatic N) is 3. The molecule has 1 aromatic heterocycles. The minimum atomic E-state index is -0.407. The molecule has 108 valence electrons. The summed E-state index contributed by atoms with van der Waals surface area (Å²) in [6.45, 7) is 5.85. The summed E-state index contributed by atoms with van der Waals surface area (Å²) in [6, 6.07) is 5.08. The number of aromatic nitrogens is 2. The van der Waals surface area contributed by atoms with E-state index in [1.165, 1.54) is 12.1 Å². The molecule has 20 heavy (non-hydrogen) atoms. The molecule has 2 aromatic rings. The third-order valence-electron chi connectivity index (χ3n) is 3.03. The number of imidazole rings is 1. The van der Waals surface area contributed by atoms with E-state index in [1.54, 1.807) is 6.07 Å². The lowest BCUT2D eigenvalue weighted by molar-refractivity contribution is -0.384. The Hall–Kier alpha value is -2.15. The van der Waals surface area contributed by atoms with E-state index >= 15 is 0 Å². The van der Waals surface area contributed by atoms with Crippen LogP contribution in [0.15, 0.2) is 18.2 Å². The van der Waals surface area contributed by atoms with Crippen LogP contribution in [0.4, 0.5) is 11.6 Å². The fourth-order valence-electron chi connectivity index (χ4n) is 1.91. The van der Waals surface area contributed by atoms with Crippen molar-refractivity contribution in [3.63, 3.8) is 0 Å². The van der Waals surface area contributed by atoms with Crippen molar-refractivity contribution in [3.05, 3.63) is 28.3 Å². The van der Waals surface area contributed by atoms with Crippen molar-refractivity contribution in [1.82, 2.24) is 15.3 Å². The van der Waals surface area contributed by atoms with Gasteiger partial charge in [-0.15, -0.1) is 0 Å². The van der Waals surface area contributed by atoms with Crippen LogP contribution in [0, 0.1) is 10.1 Å². The molecule has 0 atom stereocenters. The van der Waals surface area contributed by atoms with E-state index in [-0.39, 0.29) is 5.69 Å². The molecule has 0 fully saturated rings. The average Bonchev–Trinajstić information content (AvgIpc) is 2.80. The third kappa shape index (κ3) is 3.24. The van der Waals surface area contributed by atoms with Gasteiger partial charge in [0.15, 0.2) is 0 Å². The largest absolute Gasteiger partial charge is 0.344 e. The fraction of sp³-hybridized carbons (Fsp3) is 0.462. The minimum absolute atomic E-state index is 0.0665. The van der Waals surface area contributed by atoms with Gasteiger partial charge in [0.25, 0.3) is 5.69 Å². The van der Waals surface area contributed by atoms with Crippen molar-refractivity contribution in [2.45, 2.75) is 19.9 Å². The second-order valence-corrected chi connectivity index (χ2v) is 5.05. The maximum atomic E-state index is 10.7. The number of hydrogen-bond donors (Lipinski definition) is 2. The summed E-state index contributed by atoms with van der Waals surface area (Å²) < 4.78 is 0. The van der Waals surface area contributed by atoms with Crippen molar-refractivity contribution in [2.24, 2.45) is 0 Å². The van der Waals surface area contributed by atoms with Crippen molar-refractivity contribution in [1.29, 1.82) is 0 Å². The number of hydrogen-bond acceptors (Lipinski definition) is 5. The van der Waals surface area contributed by atoms with Crippen molar-refractivity contribution in [3.8, 4) is 0 Å². The Labute approximate surface area is 117 Å². The van der Waals surface area contributed by atoms with Gasteiger partial charge in [0.2, 0.25) is 5.95 Å². The van der Waals surface area contributed by atoms with Gasteiger partial charge >= 0.3 is 0 Å². The number of benzene rings is 1. The summed E-state index contributed by atoms with van der Waals surface area (Å²) in [5.74, 6) is 0.714. The topological polar surface area (TPSA) is 87.1 Å². The van der Waals surface area contributed by atoms with Crippen molar-refractivity contribution < 1.29 is 4.92 Å². The molecule has 0 saturated heterocycles. The van der Waals surface area contributed by atoms with Crippen molar-refractivity contribution >= 4 is 22.7 Å². The van der Waals surface area contributed by atoms with Crippen LogP contribution in [0.2, 0.25) is 0 Å². The standard InChI is InChI=1S/C13H19N5O2/c1-9(2)14-6-7-17(3)13-15-11-5-4-10(18(19)20)8-12(11)16-13/h4-5,8-9,14H,6-7H2,1-3H3,(H,15,16). The summed E-state index contributed by atoms with van der Waals surface area (Å²) in [7, 11) is 1.94. The second-order valence-electron chi connectivity index (χ2n) is 5.05. The average molecular weight is 277 g/mol. The smallest absolute Gasteiger partial charge is 0.271 e. The van der Waals surface area contributed by atoms with E-state index in [1.807, 2.05) is 11.9 Å². The van der Waals surface area contributed by atoms with E-state index in [0.29, 0.717) is 17.5 Å². The number of aromatic amines is 1. The summed E-state index contributed by atoms with van der Waals surface area (Å²) in [6.07, 6.45) is 0. The minimum Gasteiger partial charge on any atom is -0.344 e. The quantitative estimate of drug-likeness (QED) is 0.622. The molecule has 0 radical (unpaired) electrons. The van der Waals surface area contributed by atoms with Crippen LogP contribution in [-0.2, 0) is 0 Å². The van der Waals surface area contributed by atoms with Crippen LogP contribution in [-0.4, -0.2) is 41.1 Å². The van der Waals surface area contributed by atoms with Crippen LogP contribution in [0.5, 0.6) is 0 Å². The Balaban J connectivity index is 2.12. The summed E-state index contributed by atoms with van der Waals surface area (Å²) in [5.41, 5.74) is 1.48. The van der Waals surface area contributed by atoms with Gasteiger partial charge < -0.3 is 15.2 Å². The van der Waals surface area contributed by atoms with Gasteiger partial charge in [0.05, 0.1) is 16.0 Å². The first-order chi connectivity index (χ1) is 9.47. The number of non-ortho nitro benzene ring substituents is 1. The monoisotopic (exact) mass is 277 g/mol. The van der Waals surface area contributed by atoms with Gasteiger partial charge in [-0.1, -0.05) is 13.8 Å². The lowest BCUT2D eigenvalue weighted by atomic mass is 10.3. The Kier molecular flexibility index (Phi) is 4.19. The maximum Gasteiger partial charge on any atom is 0.271 e. The normalized spacial score (nSPS) is 11.2. The SMILES string of the molecule is CC(C)NCCN(C)c1nc2ccc([N+](=O)[O-])cc2[nH]1. The van der Waals surface area contributed by atoms with Gasteiger partial charge in [-0.05, 0) is 6.07 Å². The molecule has 7 heteroatoms. The van der Waals surface area contributed by atoms with Crippen LogP contribution in [0.1, 0.15) is 13.8 Å². The van der Waals surface area contributed by atoms with E-state index in [4.69, 9.17) is 0 Å². The maximum absolute atomic E-state index is 10.7. The Morgan fingerprint density at radius 3 is 2.90 bits per heavy atom. The summed E-state index contributed by atoms with van der Waals surface area (Å²) in [4.78, 5) is 19.9. The third-order valence-corrected chi connectivity index (χ3v) is 3.03. The lowest BCUT2D eigenvalue weighted by Gasteiger charge is -2.17. The highest BCUT2D eigenvalue weighted by Gasteiger charge is 2.11. The van der Waals surface area contributed by atoms with Crippen LogP contribution in [0.25, 0.3) is 11.0 Å². The number of likely N-dealkylation sites (N-methyl/N-ethyl adjacent to an activating group) is 1. The predicted molar refractivity (Wildman–Crippen MR) is 79.2 cm³/mol. The second kappa shape index (κ2) is 5.87. The molecule has 2 rings (SSSR count). The van der Waals surface area contributed by atoms with Gasteiger partial charge in [-0.2, -0.15) is 0 Å². The molecule has 0 aliphatic heterocycles. The van der Waals surface area contributed by atoms with E-state index in [0.717, 1.165) is 18.6 Å². The molecule has 2 N–H and O–H groups in total. The lowest BCUT2D eigenvalue weighted by Crippen LogP contribution is -2.33. The Bertz CT molecular complexity index is 608. The number of H-pyrrole nitrogens is 1. The number of rotatable bonds is 6. The molecule has 0 saturated carbocycles. The Morgan fingerprint density at radius 2 is 2.25 bits per heavy atom. The van der Waals surface area contributed by atoms with Gasteiger partial charge in [-0.25, -0.2) is 4.98 Å². The zero-order valence-electron chi connectivity index (χ0n) is 11.9. The van der Waals surface area contributed by atoms with Gasteiger partial charge in [0, 0.05) is 38.3 Å². The van der Waals surface area contributed by atoms with Crippen LogP contribution in [0.3, 0.4) is 0 Å². The number of nitrogens with one attached hydrogen (secondary N) is 2. The fourth-order valence-corrected chi connectivity index (χ4v) is 1.91. The molecule has 1 aromatic carbocycles. The number of nitro groups is 1. The van der Waals surface area contributed by atoms with Crippen LogP contribution >= 0.6 is 0 Å². The molecule has 0 bridgehead atoms. The van der Waals surface area contributed by atoms with E-state index < -0.39 is 4.92 Å². The predicted octanol–water partition coefficient (Wildman–Crippen LogP) is 1.91. The molecule has 0 unspecified atom stereocenters. The molecule has 0 amide bonds. The molecule has 0 aliphatic carbocycles. The van der Waals surface area contributed by atoms with E-state index in [2.05, 4.69) is 29.1 Å². The zero-order chi connectivity index (χ0) is 14.7. The summed E-state index contributed by atoms with van der Waals surface area (Å²) >= 11 is 0. The number of fused-ring (bicyclic) bond motifs is 1. The molecule has 0 spiro atoms. The molecule has 7 nitrogen and oxygen atoms in total. The zero-order valence-corrected chi connectivity index (χ0v) is 11.9. The number of anilines is 1. The van der Waals surface area contributed by atoms with Gasteiger partial charge in [-0.3, -0.25) is 10.1 Å². The first kappa shape index (κ1) is 14.3. The highest BCUT2D eigenvalue weighted by Crippen LogP contribution is 2.21. The van der Waals surface area contributed by atoms with Crippen LogP contribution < -0.4 is 10.2 Å². The van der Waals surface area contributed by atoms with E-state index in [9.17, 15) is 10.1 Å². The van der Waals surface area contributed by atoms with Crippen molar-refractivity contribution in [2.75, 3.05) is 25.0 Å². The molecule has 1 heterocycles. The van der Waals surface area contributed by atoms with Gasteiger partial charge in [0.1, 0.15) is 0 Å². The first-order valence-electron chi connectivity index (χ1n) is 6.56. The number of nitro benzene ring substituents is 1. The highest BCUT2D eigenvalue weighted by molar-refractivity contribution is 5.80. The highest BCUT2D eigenvalue weighted by atomic mass is 16.6. The Morgan fingerprint density at radius 1 is 1.50 bits per heavy atom. The summed E-state index contributed by atoms with van der Waals surface area (Å²) in [5, 5.41) is 14.1. The molecule has 0 aliphatic rings. The molecular formula is C13H19N5O2.